The number of nitrogens with two attached hydrogens (primary N) is 1. The van der Waals surface area contributed by atoms with Gasteiger partial charge in [0.2, 0.25) is 0 Å². The number of ether oxygens (including phenoxy) is 3. The monoisotopic (exact) mass is 583 g/mol. The van der Waals surface area contributed by atoms with E-state index in [0.29, 0.717) is 59.5 Å². The van der Waals surface area contributed by atoms with Crippen molar-refractivity contribution in [1.82, 2.24) is 10.3 Å². The van der Waals surface area contributed by atoms with Gasteiger partial charge in [-0.2, -0.15) is 0 Å². The molecule has 218 valence electrons. The number of aliphatic hydroxyl groups is 1. The highest BCUT2D eigenvalue weighted by Crippen LogP contribution is 2.45. The van der Waals surface area contributed by atoms with Crippen molar-refractivity contribution in [2.24, 2.45) is 5.73 Å². The molecule has 1 aliphatic carbocycles. The van der Waals surface area contributed by atoms with Crippen LogP contribution in [0.5, 0.6) is 17.2 Å². The molecule has 3 aromatic rings. The number of carbonyl (C=O) groups is 1. The highest BCUT2D eigenvalue weighted by Gasteiger charge is 2.40. The summed E-state index contributed by atoms with van der Waals surface area (Å²) >= 11 is 6.10. The number of hydrogen-bond acceptors (Lipinski definition) is 8. The fraction of sp³-hybridized carbons (Fsp3) is 0.419. The first-order valence-electron chi connectivity index (χ1n) is 13.7. The number of rotatable bonds is 12. The molecule has 1 saturated carbocycles. The topological polar surface area (TPSA) is 116 Å². The fourth-order valence-corrected chi connectivity index (χ4v) is 5.11. The summed E-state index contributed by atoms with van der Waals surface area (Å²) in [5, 5.41) is 15.0. The van der Waals surface area contributed by atoms with E-state index in [-0.39, 0.29) is 29.8 Å². The summed E-state index contributed by atoms with van der Waals surface area (Å²) in [4.78, 5) is 18.0. The maximum absolute atomic E-state index is 14.0. The third kappa shape index (κ3) is 6.18. The highest BCUT2D eigenvalue weighted by molar-refractivity contribution is 6.31. The zero-order chi connectivity index (χ0) is 29.4. The van der Waals surface area contributed by atoms with Crippen molar-refractivity contribution in [3.8, 4) is 28.5 Å². The Labute approximate surface area is 244 Å². The normalized spacial score (nSPS) is 19.3. The van der Waals surface area contributed by atoms with Gasteiger partial charge in [0.15, 0.2) is 23.0 Å². The predicted octanol–water partition coefficient (Wildman–Crippen LogP) is 5.12. The molecule has 0 spiro atoms. The van der Waals surface area contributed by atoms with Crippen LogP contribution in [0.1, 0.15) is 61.1 Å². The van der Waals surface area contributed by atoms with Gasteiger partial charge in [0.05, 0.1) is 29.5 Å². The van der Waals surface area contributed by atoms with Crippen LogP contribution in [-0.2, 0) is 11.1 Å². The van der Waals surface area contributed by atoms with Gasteiger partial charge in [-0.05, 0) is 75.6 Å². The first-order chi connectivity index (χ1) is 19.5. The lowest BCUT2D eigenvalue weighted by atomic mass is 9.87. The van der Waals surface area contributed by atoms with Crippen LogP contribution in [0.25, 0.3) is 11.3 Å². The minimum Gasteiger partial charge on any atom is -0.493 e. The molecule has 2 heterocycles. The maximum Gasteiger partial charge on any atom is 0.163 e. The van der Waals surface area contributed by atoms with Crippen molar-refractivity contribution in [2.45, 2.75) is 56.8 Å². The molecule has 0 saturated heterocycles. The Morgan fingerprint density at radius 1 is 1.27 bits per heavy atom. The molecular weight excluding hydrogens is 549 g/mol. The third-order valence-corrected chi connectivity index (χ3v) is 7.91. The summed E-state index contributed by atoms with van der Waals surface area (Å²) in [7, 11) is 1.54. The standard InChI is InChI=1S/C31H35ClFN3O5/c1-30(35-13-12-34)17-40-29-21(30)16-27(36-28(29)19-4-8-23(33)22(32)14-19)31(2,38)11-10-24(37)18-5-9-25(26(15-18)39-3)41-20-6-7-20/h4-5,8-9,14-16,20,35,38H,6-7,10-13,17,34H2,1-3H3. The number of Topliss-reactive ketones (excluding diaryl/α,β-unsaturated/α-hetero) is 1. The van der Waals surface area contributed by atoms with E-state index < -0.39 is 17.0 Å². The van der Waals surface area contributed by atoms with Gasteiger partial charge < -0.3 is 30.4 Å². The molecule has 41 heavy (non-hydrogen) atoms. The van der Waals surface area contributed by atoms with Gasteiger partial charge in [0.1, 0.15) is 23.7 Å². The van der Waals surface area contributed by atoms with E-state index in [1.807, 2.05) is 6.92 Å². The third-order valence-electron chi connectivity index (χ3n) is 7.62. The SMILES string of the molecule is COc1cc(C(=O)CCC(C)(O)c2cc3c(c(-c4ccc(F)c(Cl)c4)n2)OCC3(C)NCCN)ccc1OC1CC1. The second-order valence-electron chi connectivity index (χ2n) is 11.1. The molecule has 2 aliphatic rings. The number of benzene rings is 2. The Hall–Kier alpha value is -3.24. The summed E-state index contributed by atoms with van der Waals surface area (Å²) < 4.78 is 31.4. The van der Waals surface area contributed by atoms with Crippen LogP contribution in [-0.4, -0.2) is 48.8 Å². The van der Waals surface area contributed by atoms with Gasteiger partial charge in [-0.1, -0.05) is 11.6 Å². The van der Waals surface area contributed by atoms with Crippen LogP contribution >= 0.6 is 11.6 Å². The van der Waals surface area contributed by atoms with E-state index in [9.17, 15) is 14.3 Å². The molecule has 1 aliphatic heterocycles. The quantitative estimate of drug-likeness (QED) is 0.252. The summed E-state index contributed by atoms with van der Waals surface area (Å²) in [6.07, 6.45) is 2.40. The number of ketones is 1. The molecule has 5 rings (SSSR count). The van der Waals surface area contributed by atoms with Crippen LogP contribution in [0.15, 0.2) is 42.5 Å². The lowest BCUT2D eigenvalue weighted by Crippen LogP contribution is -2.43. The Balaban J connectivity index is 1.44. The molecule has 10 heteroatoms. The largest absolute Gasteiger partial charge is 0.493 e. The summed E-state index contributed by atoms with van der Waals surface area (Å²) in [5.74, 6) is 0.944. The molecule has 2 aromatic carbocycles. The number of nitrogens with one attached hydrogen (secondary N) is 1. The molecule has 2 atom stereocenters. The molecule has 4 N–H and O–H groups in total. The maximum atomic E-state index is 14.0. The van der Waals surface area contributed by atoms with Crippen molar-refractivity contribution < 1.29 is 28.5 Å². The summed E-state index contributed by atoms with van der Waals surface area (Å²) in [6.45, 7) is 4.92. The van der Waals surface area contributed by atoms with E-state index in [0.717, 1.165) is 18.4 Å². The van der Waals surface area contributed by atoms with Crippen molar-refractivity contribution >= 4 is 17.4 Å². The molecule has 2 unspecified atom stereocenters. The lowest BCUT2D eigenvalue weighted by molar-refractivity contribution is 0.0396. The van der Waals surface area contributed by atoms with Gasteiger partial charge in [-0.3, -0.25) is 4.79 Å². The number of aromatic nitrogens is 1. The second kappa shape index (κ2) is 11.6. The van der Waals surface area contributed by atoms with Crippen LogP contribution in [0.2, 0.25) is 5.02 Å². The molecule has 1 fully saturated rings. The second-order valence-corrected chi connectivity index (χ2v) is 11.5. The average Bonchev–Trinajstić information content (AvgIpc) is 3.72. The van der Waals surface area contributed by atoms with E-state index in [2.05, 4.69) is 5.32 Å². The lowest BCUT2D eigenvalue weighted by Gasteiger charge is -2.28. The zero-order valence-corrected chi connectivity index (χ0v) is 24.2. The molecule has 0 amide bonds. The van der Waals surface area contributed by atoms with Crippen molar-refractivity contribution in [1.29, 1.82) is 0 Å². The first kappa shape index (κ1) is 29.3. The van der Waals surface area contributed by atoms with Crippen LogP contribution in [0.4, 0.5) is 4.39 Å². The van der Waals surface area contributed by atoms with Gasteiger partial charge in [-0.25, -0.2) is 9.37 Å². The number of carbonyl (C=O) groups excluding carboxylic acids is 1. The van der Waals surface area contributed by atoms with E-state index in [1.54, 1.807) is 44.4 Å². The van der Waals surface area contributed by atoms with Gasteiger partial charge in [0, 0.05) is 36.2 Å². The van der Waals surface area contributed by atoms with Crippen LogP contribution in [0.3, 0.4) is 0 Å². The Bertz CT molecular complexity index is 1460. The average molecular weight is 584 g/mol. The summed E-state index contributed by atoms with van der Waals surface area (Å²) in [5.41, 5.74) is 6.27. The van der Waals surface area contributed by atoms with Crippen molar-refractivity contribution in [3.63, 3.8) is 0 Å². The van der Waals surface area contributed by atoms with Crippen molar-refractivity contribution in [3.05, 3.63) is 70.1 Å². The van der Waals surface area contributed by atoms with Gasteiger partial charge >= 0.3 is 0 Å². The number of fused-ring (bicyclic) bond motifs is 1. The van der Waals surface area contributed by atoms with Crippen LogP contribution in [0, 0.1) is 5.82 Å². The molecule has 1 aromatic heterocycles. The van der Waals surface area contributed by atoms with Crippen LogP contribution < -0.4 is 25.3 Å². The van der Waals surface area contributed by atoms with Gasteiger partial charge in [-0.15, -0.1) is 0 Å². The number of nitrogens with zero attached hydrogens (tertiary/aromatic N) is 1. The van der Waals surface area contributed by atoms with E-state index in [1.165, 1.54) is 12.1 Å². The molecule has 0 bridgehead atoms. The van der Waals surface area contributed by atoms with E-state index in [4.69, 9.17) is 36.5 Å². The molecule has 0 radical (unpaired) electrons. The smallest absolute Gasteiger partial charge is 0.163 e. The number of hydrogen-bond donors (Lipinski definition) is 3. The number of halogens is 2. The molecule has 8 nitrogen and oxygen atoms in total. The highest BCUT2D eigenvalue weighted by atomic mass is 35.5. The minimum absolute atomic E-state index is 0.0493. The minimum atomic E-state index is -1.47. The number of pyridine rings is 1. The summed E-state index contributed by atoms with van der Waals surface area (Å²) in [6, 6.07) is 11.3. The molecular formula is C31H35ClFN3O5. The van der Waals surface area contributed by atoms with Crippen molar-refractivity contribution in [2.75, 3.05) is 26.8 Å². The van der Waals surface area contributed by atoms with Gasteiger partial charge in [0.25, 0.3) is 0 Å². The Morgan fingerprint density at radius 2 is 2.05 bits per heavy atom. The Morgan fingerprint density at radius 3 is 2.73 bits per heavy atom. The predicted molar refractivity (Wildman–Crippen MR) is 154 cm³/mol. The Kier molecular flexibility index (Phi) is 8.25. The first-order valence-corrected chi connectivity index (χ1v) is 14.1. The van der Waals surface area contributed by atoms with E-state index >= 15 is 0 Å². The fourth-order valence-electron chi connectivity index (χ4n) is 4.93. The zero-order valence-electron chi connectivity index (χ0n) is 23.4. The number of methoxy groups -OCH3 is 1.